The quantitative estimate of drug-likeness (QED) is 0.221. The van der Waals surface area contributed by atoms with Gasteiger partial charge >= 0.3 is 5.97 Å². The Morgan fingerprint density at radius 1 is 1.40 bits per heavy atom. The second kappa shape index (κ2) is 5.45. The molecule has 0 spiro atoms. The number of carbonyl (C=O) groups excluding carboxylic acids is 3. The lowest BCUT2D eigenvalue weighted by molar-refractivity contribution is -0.873. The zero-order valence-electron chi connectivity index (χ0n) is 9.06. The molecule has 0 aliphatic heterocycles. The number of aldehydes is 1. The van der Waals surface area contributed by atoms with Gasteiger partial charge in [0, 0.05) is 12.4 Å². The van der Waals surface area contributed by atoms with E-state index in [1.165, 1.54) is 0 Å². The van der Waals surface area contributed by atoms with Gasteiger partial charge in [0.2, 0.25) is 6.29 Å². The van der Waals surface area contributed by atoms with E-state index >= 15 is 0 Å². The van der Waals surface area contributed by atoms with Crippen LogP contribution in [0.2, 0.25) is 0 Å². The minimum absolute atomic E-state index is 0.0118. The molecule has 1 atom stereocenters. The van der Waals surface area contributed by atoms with Gasteiger partial charge in [-0.1, -0.05) is 0 Å². The molecule has 0 rings (SSSR count). The highest BCUT2D eigenvalue weighted by Crippen LogP contribution is 2.04. The Bertz CT molecular complexity index is 256. The molecule has 0 aromatic rings. The number of nitrogens with zero attached hydrogens (tertiary/aromatic N) is 1. The monoisotopic (exact) mass is 217 g/mol. The summed E-state index contributed by atoms with van der Waals surface area (Å²) in [4.78, 5) is 31.1. The fourth-order valence-electron chi connectivity index (χ4n) is 1.13. The zero-order valence-corrected chi connectivity index (χ0v) is 9.06. The summed E-state index contributed by atoms with van der Waals surface area (Å²) in [6.07, 6.45) is -1.24. The van der Waals surface area contributed by atoms with E-state index in [0.29, 0.717) is 11.0 Å². The van der Waals surface area contributed by atoms with Crippen LogP contribution < -0.4 is 5.11 Å². The average molecular weight is 217 g/mol. The Balaban J connectivity index is 4.37. The van der Waals surface area contributed by atoms with E-state index in [4.69, 9.17) is 0 Å². The van der Waals surface area contributed by atoms with Gasteiger partial charge < -0.3 is 19.1 Å². The van der Waals surface area contributed by atoms with Crippen molar-refractivity contribution < 1.29 is 28.7 Å². The second-order valence-electron chi connectivity index (χ2n) is 4.23. The second-order valence-corrected chi connectivity index (χ2v) is 4.23. The van der Waals surface area contributed by atoms with Gasteiger partial charge in [0.25, 0.3) is 0 Å². The molecule has 86 valence electrons. The van der Waals surface area contributed by atoms with Crippen molar-refractivity contribution in [3.05, 3.63) is 0 Å². The van der Waals surface area contributed by atoms with Crippen molar-refractivity contribution in [2.45, 2.75) is 12.5 Å². The van der Waals surface area contributed by atoms with Crippen LogP contribution in [-0.4, -0.2) is 56.5 Å². The van der Waals surface area contributed by atoms with E-state index in [1.54, 1.807) is 0 Å². The van der Waals surface area contributed by atoms with Crippen LogP contribution >= 0.6 is 0 Å². The molecule has 1 unspecified atom stereocenters. The highest BCUT2D eigenvalue weighted by Gasteiger charge is 2.21. The van der Waals surface area contributed by atoms with Gasteiger partial charge in [-0.25, -0.2) is 4.79 Å². The summed E-state index contributed by atoms with van der Waals surface area (Å²) >= 11 is 0. The molecule has 0 aromatic heterocycles. The summed E-state index contributed by atoms with van der Waals surface area (Å²) in [5.74, 6) is -2.37. The molecule has 6 heteroatoms. The molecule has 0 heterocycles. The Labute approximate surface area is 88.0 Å². The van der Waals surface area contributed by atoms with E-state index in [2.05, 4.69) is 4.74 Å². The van der Waals surface area contributed by atoms with Gasteiger partial charge in [0.15, 0.2) is 6.10 Å². The molecule has 0 N–H and O–H groups in total. The van der Waals surface area contributed by atoms with Crippen LogP contribution in [0.25, 0.3) is 0 Å². The summed E-state index contributed by atoms with van der Waals surface area (Å²) < 4.78 is 5.06. The van der Waals surface area contributed by atoms with Gasteiger partial charge in [-0.2, -0.15) is 0 Å². The predicted octanol–water partition coefficient (Wildman–Crippen LogP) is -2.06. The van der Waals surface area contributed by atoms with Crippen molar-refractivity contribution in [3.63, 3.8) is 0 Å². The van der Waals surface area contributed by atoms with Crippen LogP contribution in [-0.2, 0) is 19.1 Å². The number of ether oxygens (including phenoxy) is 1. The van der Waals surface area contributed by atoms with Crippen LogP contribution in [0.1, 0.15) is 6.42 Å². The number of hydrogen-bond acceptors (Lipinski definition) is 5. The lowest BCUT2D eigenvalue weighted by atomic mass is 10.2. The molecule has 0 fully saturated rings. The molecule has 15 heavy (non-hydrogen) atoms. The number of carboxylic acids is 1. The number of carboxylic acid groups (broad SMARTS) is 1. The van der Waals surface area contributed by atoms with Gasteiger partial charge in [0.05, 0.1) is 21.1 Å². The van der Waals surface area contributed by atoms with Gasteiger partial charge in [-0.3, -0.25) is 4.79 Å². The summed E-state index contributed by atoms with van der Waals surface area (Å²) in [6, 6.07) is 0. The normalized spacial score (nSPS) is 13.0. The third kappa shape index (κ3) is 7.63. The SMILES string of the molecule is C[N+](C)(C)CC(CC(=O)[O-])OC(=O)C=O. The molecule has 0 aliphatic rings. The smallest absolute Gasteiger partial charge is 0.371 e. The first-order valence-corrected chi connectivity index (χ1v) is 4.40. The molecule has 0 bridgehead atoms. The van der Waals surface area contributed by atoms with Crippen LogP contribution in [0.4, 0.5) is 0 Å². The highest BCUT2D eigenvalue weighted by atomic mass is 16.5. The van der Waals surface area contributed by atoms with Crippen molar-refractivity contribution in [3.8, 4) is 0 Å². The maximum Gasteiger partial charge on any atom is 0.371 e. The van der Waals surface area contributed by atoms with E-state index < -0.39 is 24.5 Å². The maximum atomic E-state index is 10.7. The summed E-state index contributed by atoms with van der Waals surface area (Å²) in [5, 5.41) is 10.4. The van der Waals surface area contributed by atoms with Crippen LogP contribution in [0.3, 0.4) is 0 Å². The highest BCUT2D eigenvalue weighted by molar-refractivity contribution is 6.20. The first kappa shape index (κ1) is 13.6. The van der Waals surface area contributed by atoms with E-state index in [-0.39, 0.29) is 6.29 Å². The van der Waals surface area contributed by atoms with Crippen molar-refractivity contribution in [2.24, 2.45) is 0 Å². The zero-order chi connectivity index (χ0) is 12.1. The molecular formula is C9H15NO5. The first-order chi connectivity index (χ1) is 6.74. The van der Waals surface area contributed by atoms with Crippen molar-refractivity contribution in [1.82, 2.24) is 0 Å². The number of hydrogen-bond donors (Lipinski definition) is 0. The minimum Gasteiger partial charge on any atom is -0.550 e. The molecule has 0 saturated carbocycles. The first-order valence-electron chi connectivity index (χ1n) is 4.40. The van der Waals surface area contributed by atoms with Gasteiger partial charge in [-0.15, -0.1) is 0 Å². The van der Waals surface area contributed by atoms with Crippen LogP contribution in [0.15, 0.2) is 0 Å². The third-order valence-corrected chi connectivity index (χ3v) is 1.52. The number of rotatable bonds is 6. The Morgan fingerprint density at radius 3 is 2.27 bits per heavy atom. The maximum absolute atomic E-state index is 10.7. The van der Waals surface area contributed by atoms with Crippen molar-refractivity contribution in [2.75, 3.05) is 27.7 Å². The molecule has 0 amide bonds. The average Bonchev–Trinajstić information content (AvgIpc) is 1.99. The largest absolute Gasteiger partial charge is 0.550 e. The van der Waals surface area contributed by atoms with E-state index in [1.807, 2.05) is 21.1 Å². The van der Waals surface area contributed by atoms with E-state index in [9.17, 15) is 19.5 Å². The predicted molar refractivity (Wildman–Crippen MR) is 48.5 cm³/mol. The lowest BCUT2D eigenvalue weighted by Gasteiger charge is -2.28. The minimum atomic E-state index is -1.31. The van der Waals surface area contributed by atoms with Crippen LogP contribution in [0, 0.1) is 0 Å². The molecule has 6 nitrogen and oxygen atoms in total. The number of likely N-dealkylation sites (N-methyl/N-ethyl adjacent to an activating group) is 1. The Kier molecular flexibility index (Phi) is 4.93. The molecule has 0 saturated heterocycles. The van der Waals surface area contributed by atoms with Crippen molar-refractivity contribution in [1.29, 1.82) is 0 Å². The molecule has 0 aromatic carbocycles. The number of quaternary nitrogens is 1. The molecule has 0 aliphatic carbocycles. The summed E-state index contributed by atoms with van der Waals surface area (Å²) in [6.45, 7) is 0.299. The van der Waals surface area contributed by atoms with Gasteiger partial charge in [0.1, 0.15) is 6.54 Å². The third-order valence-electron chi connectivity index (χ3n) is 1.52. The van der Waals surface area contributed by atoms with E-state index in [0.717, 1.165) is 0 Å². The molecule has 0 radical (unpaired) electrons. The summed E-state index contributed by atoms with van der Waals surface area (Å²) in [7, 11) is 5.45. The Morgan fingerprint density at radius 2 is 1.93 bits per heavy atom. The van der Waals surface area contributed by atoms with Crippen molar-refractivity contribution >= 4 is 18.2 Å². The number of carbonyl (C=O) groups is 3. The standard InChI is InChI=1S/C9H15NO5/c1-10(2,3)5-7(4-8(12)13)15-9(14)6-11/h6-7H,4-5H2,1-3H3. The fourth-order valence-corrected chi connectivity index (χ4v) is 1.13. The fraction of sp³-hybridized carbons (Fsp3) is 0.667. The Hall–Kier alpha value is -1.43. The lowest BCUT2D eigenvalue weighted by Crippen LogP contribution is -2.45. The number of aliphatic carboxylic acids is 1. The topological polar surface area (TPSA) is 83.5 Å². The van der Waals surface area contributed by atoms with Gasteiger partial charge in [-0.05, 0) is 0 Å². The van der Waals surface area contributed by atoms with Crippen LogP contribution in [0.5, 0.6) is 0 Å². The summed E-state index contributed by atoms with van der Waals surface area (Å²) in [5.41, 5.74) is 0. The molecular weight excluding hydrogens is 202 g/mol. The number of esters is 1.